The van der Waals surface area contributed by atoms with Gasteiger partial charge < -0.3 is 10.2 Å². The van der Waals surface area contributed by atoms with E-state index in [9.17, 15) is 0 Å². The second kappa shape index (κ2) is 4.79. The highest BCUT2D eigenvalue weighted by Gasteiger charge is 2.21. The summed E-state index contributed by atoms with van der Waals surface area (Å²) in [5, 5.41) is 0.616. The molecule has 0 aromatic carbocycles. The molecule has 1 aliphatic rings. The average Bonchev–Trinajstić information content (AvgIpc) is 3.05. The highest BCUT2D eigenvalue weighted by atomic mass is 35.5. The van der Waals surface area contributed by atoms with Crippen LogP contribution in [0.1, 0.15) is 18.5 Å². The SMILES string of the molecule is NNc1ccc(Cl)c(COCC2CC2)n1. The highest BCUT2D eigenvalue weighted by Crippen LogP contribution is 2.29. The van der Waals surface area contributed by atoms with Gasteiger partial charge in [-0.3, -0.25) is 0 Å². The van der Waals surface area contributed by atoms with E-state index >= 15 is 0 Å². The molecule has 2 rings (SSSR count). The molecule has 0 atom stereocenters. The van der Waals surface area contributed by atoms with Crippen molar-refractivity contribution in [1.82, 2.24) is 4.98 Å². The summed E-state index contributed by atoms with van der Waals surface area (Å²) in [5.41, 5.74) is 3.21. The number of nitrogens with zero attached hydrogens (tertiary/aromatic N) is 1. The Kier molecular flexibility index (Phi) is 3.41. The Labute approximate surface area is 93.7 Å². The molecule has 3 N–H and O–H groups in total. The molecular weight excluding hydrogens is 214 g/mol. The van der Waals surface area contributed by atoms with Crippen LogP contribution in [0.2, 0.25) is 5.02 Å². The predicted molar refractivity (Wildman–Crippen MR) is 59.4 cm³/mol. The van der Waals surface area contributed by atoms with Gasteiger partial charge in [0.15, 0.2) is 0 Å². The number of anilines is 1. The average molecular weight is 228 g/mol. The standard InChI is InChI=1S/C10H14ClN3O/c11-8-3-4-10(14-12)13-9(8)6-15-5-7-1-2-7/h3-4,7H,1-2,5-6,12H2,(H,13,14). The van der Waals surface area contributed by atoms with E-state index in [1.807, 2.05) is 0 Å². The van der Waals surface area contributed by atoms with Crippen LogP contribution in [0, 0.1) is 5.92 Å². The third-order valence-electron chi connectivity index (χ3n) is 2.36. The van der Waals surface area contributed by atoms with Gasteiger partial charge in [-0.25, -0.2) is 10.8 Å². The summed E-state index contributed by atoms with van der Waals surface area (Å²) in [6, 6.07) is 3.49. The maximum absolute atomic E-state index is 5.97. The number of nitrogens with one attached hydrogen (secondary N) is 1. The molecule has 1 heterocycles. The Hall–Kier alpha value is -0.840. The molecular formula is C10H14ClN3O. The van der Waals surface area contributed by atoms with Crippen molar-refractivity contribution in [3.05, 3.63) is 22.8 Å². The Balaban J connectivity index is 1.92. The fraction of sp³-hybridized carbons (Fsp3) is 0.500. The summed E-state index contributed by atoms with van der Waals surface area (Å²) in [6.07, 6.45) is 2.57. The largest absolute Gasteiger partial charge is 0.375 e. The van der Waals surface area contributed by atoms with Crippen molar-refractivity contribution in [2.45, 2.75) is 19.4 Å². The van der Waals surface area contributed by atoms with Crippen molar-refractivity contribution in [2.75, 3.05) is 12.0 Å². The van der Waals surface area contributed by atoms with Gasteiger partial charge in [-0.1, -0.05) is 11.6 Å². The Morgan fingerprint density at radius 3 is 3.00 bits per heavy atom. The molecule has 1 fully saturated rings. The van der Waals surface area contributed by atoms with Crippen molar-refractivity contribution in [1.29, 1.82) is 0 Å². The molecule has 1 saturated carbocycles. The Morgan fingerprint density at radius 2 is 2.33 bits per heavy atom. The fourth-order valence-electron chi connectivity index (χ4n) is 1.27. The topological polar surface area (TPSA) is 60.2 Å². The van der Waals surface area contributed by atoms with Crippen molar-refractivity contribution in [2.24, 2.45) is 11.8 Å². The molecule has 0 aliphatic heterocycles. The Morgan fingerprint density at radius 1 is 1.53 bits per heavy atom. The van der Waals surface area contributed by atoms with E-state index in [0.717, 1.165) is 18.2 Å². The molecule has 5 heteroatoms. The molecule has 0 amide bonds. The van der Waals surface area contributed by atoms with E-state index in [1.165, 1.54) is 12.8 Å². The van der Waals surface area contributed by atoms with E-state index in [4.69, 9.17) is 22.2 Å². The first kappa shape index (κ1) is 10.7. The van der Waals surface area contributed by atoms with Crippen molar-refractivity contribution in [3.63, 3.8) is 0 Å². The van der Waals surface area contributed by atoms with Crippen molar-refractivity contribution < 1.29 is 4.74 Å². The van der Waals surface area contributed by atoms with Gasteiger partial charge >= 0.3 is 0 Å². The first-order chi connectivity index (χ1) is 7.29. The molecule has 1 aliphatic carbocycles. The number of halogens is 1. The lowest BCUT2D eigenvalue weighted by atomic mass is 10.3. The number of nitrogen functional groups attached to an aromatic ring is 1. The molecule has 0 bridgehead atoms. The van der Waals surface area contributed by atoms with Crippen LogP contribution in [-0.4, -0.2) is 11.6 Å². The van der Waals surface area contributed by atoms with Crippen LogP contribution in [-0.2, 0) is 11.3 Å². The van der Waals surface area contributed by atoms with Gasteiger partial charge in [0.25, 0.3) is 0 Å². The molecule has 0 spiro atoms. The van der Waals surface area contributed by atoms with Crippen LogP contribution in [0.15, 0.2) is 12.1 Å². The molecule has 4 nitrogen and oxygen atoms in total. The first-order valence-corrected chi connectivity index (χ1v) is 5.37. The summed E-state index contributed by atoms with van der Waals surface area (Å²) < 4.78 is 5.51. The summed E-state index contributed by atoms with van der Waals surface area (Å²) >= 11 is 5.97. The van der Waals surface area contributed by atoms with Crippen LogP contribution < -0.4 is 11.3 Å². The molecule has 0 unspecified atom stereocenters. The number of hydrazine groups is 1. The van der Waals surface area contributed by atoms with Crippen molar-refractivity contribution >= 4 is 17.4 Å². The maximum atomic E-state index is 5.97. The number of aromatic nitrogens is 1. The van der Waals surface area contributed by atoms with Gasteiger partial charge in [0.2, 0.25) is 0 Å². The van der Waals surface area contributed by atoms with E-state index in [1.54, 1.807) is 12.1 Å². The first-order valence-electron chi connectivity index (χ1n) is 4.99. The number of nitrogens with two attached hydrogens (primary N) is 1. The van der Waals surface area contributed by atoms with Gasteiger partial charge in [-0.2, -0.15) is 0 Å². The third-order valence-corrected chi connectivity index (χ3v) is 2.70. The van der Waals surface area contributed by atoms with Gasteiger partial charge in [0.1, 0.15) is 5.82 Å². The van der Waals surface area contributed by atoms with Crippen LogP contribution in [0.4, 0.5) is 5.82 Å². The number of pyridine rings is 1. The Bertz CT molecular complexity index is 341. The highest BCUT2D eigenvalue weighted by molar-refractivity contribution is 6.31. The maximum Gasteiger partial charge on any atom is 0.140 e. The van der Waals surface area contributed by atoms with Crippen LogP contribution in [0.5, 0.6) is 0 Å². The number of hydrogen-bond acceptors (Lipinski definition) is 4. The zero-order chi connectivity index (χ0) is 10.7. The number of rotatable bonds is 5. The van der Waals surface area contributed by atoms with Crippen LogP contribution >= 0.6 is 11.6 Å². The monoisotopic (exact) mass is 227 g/mol. The minimum atomic E-state index is 0.449. The third kappa shape index (κ3) is 3.06. The minimum absolute atomic E-state index is 0.449. The second-order valence-electron chi connectivity index (χ2n) is 3.73. The number of hydrogen-bond donors (Lipinski definition) is 2. The zero-order valence-electron chi connectivity index (χ0n) is 8.37. The van der Waals surface area contributed by atoms with Crippen LogP contribution in [0.25, 0.3) is 0 Å². The lowest BCUT2D eigenvalue weighted by Gasteiger charge is -2.06. The summed E-state index contributed by atoms with van der Waals surface area (Å²) in [6.45, 7) is 1.25. The summed E-state index contributed by atoms with van der Waals surface area (Å²) in [4.78, 5) is 4.21. The second-order valence-corrected chi connectivity index (χ2v) is 4.14. The van der Waals surface area contributed by atoms with Gasteiger partial charge in [0.05, 0.1) is 17.3 Å². The molecule has 1 aromatic heterocycles. The molecule has 1 aromatic rings. The molecule has 0 radical (unpaired) electrons. The predicted octanol–water partition coefficient (Wildman–Crippen LogP) is 1.95. The lowest BCUT2D eigenvalue weighted by molar-refractivity contribution is 0.109. The van der Waals surface area contributed by atoms with E-state index in [2.05, 4.69) is 10.4 Å². The van der Waals surface area contributed by atoms with Gasteiger partial charge in [-0.15, -0.1) is 0 Å². The quantitative estimate of drug-likeness (QED) is 0.596. The summed E-state index contributed by atoms with van der Waals surface area (Å²) in [5.74, 6) is 6.61. The van der Waals surface area contributed by atoms with Gasteiger partial charge in [-0.05, 0) is 30.9 Å². The van der Waals surface area contributed by atoms with Gasteiger partial charge in [0, 0.05) is 6.61 Å². The van der Waals surface area contributed by atoms with Crippen molar-refractivity contribution in [3.8, 4) is 0 Å². The van der Waals surface area contributed by atoms with E-state index in [0.29, 0.717) is 17.4 Å². The molecule has 15 heavy (non-hydrogen) atoms. The van der Waals surface area contributed by atoms with E-state index < -0.39 is 0 Å². The van der Waals surface area contributed by atoms with Crippen LogP contribution in [0.3, 0.4) is 0 Å². The lowest BCUT2D eigenvalue weighted by Crippen LogP contribution is -2.10. The number of ether oxygens (including phenoxy) is 1. The molecule has 0 saturated heterocycles. The molecule has 82 valence electrons. The summed E-state index contributed by atoms with van der Waals surface area (Å²) in [7, 11) is 0. The van der Waals surface area contributed by atoms with E-state index in [-0.39, 0.29) is 0 Å². The zero-order valence-corrected chi connectivity index (χ0v) is 9.13. The normalized spacial score (nSPS) is 15.3. The fourth-order valence-corrected chi connectivity index (χ4v) is 1.43. The minimum Gasteiger partial charge on any atom is -0.375 e. The smallest absolute Gasteiger partial charge is 0.140 e.